The van der Waals surface area contributed by atoms with Crippen LogP contribution in [0, 0.1) is 5.92 Å². The molecule has 3 rings (SSSR count). The van der Waals surface area contributed by atoms with Gasteiger partial charge >= 0.3 is 0 Å². The van der Waals surface area contributed by atoms with Crippen molar-refractivity contribution in [1.82, 2.24) is 9.55 Å². The zero-order chi connectivity index (χ0) is 9.38. The predicted molar refractivity (Wildman–Crippen MR) is 59.9 cm³/mol. The molecule has 4 heteroatoms. The van der Waals surface area contributed by atoms with Gasteiger partial charge in [0.05, 0.1) is 0 Å². The topological polar surface area (TPSA) is 21.1 Å². The number of anilines is 1. The van der Waals surface area contributed by atoms with Crippen LogP contribution in [0.25, 0.3) is 0 Å². The molecule has 1 atom stereocenters. The summed E-state index contributed by atoms with van der Waals surface area (Å²) < 4.78 is 2.25. The van der Waals surface area contributed by atoms with Crippen molar-refractivity contribution in [3.8, 4) is 0 Å². The van der Waals surface area contributed by atoms with E-state index in [9.17, 15) is 0 Å². The van der Waals surface area contributed by atoms with E-state index in [1.807, 2.05) is 6.20 Å². The van der Waals surface area contributed by atoms with Crippen LogP contribution < -0.4 is 4.90 Å². The summed E-state index contributed by atoms with van der Waals surface area (Å²) >= 11 is 2.10. The van der Waals surface area contributed by atoms with Gasteiger partial charge < -0.3 is 9.47 Å². The molecule has 2 aliphatic rings. The molecule has 0 spiro atoms. The molecule has 0 N–H and O–H groups in total. The number of hydrogen-bond acceptors (Lipinski definition) is 3. The van der Waals surface area contributed by atoms with E-state index in [-0.39, 0.29) is 0 Å². The molecule has 76 valence electrons. The minimum absolute atomic E-state index is 0.892. The molecule has 1 aromatic heterocycles. The third-order valence-corrected chi connectivity index (χ3v) is 4.32. The molecule has 3 nitrogen and oxygen atoms in total. The molecule has 0 aromatic carbocycles. The van der Waals surface area contributed by atoms with Gasteiger partial charge in [0.2, 0.25) is 5.95 Å². The summed E-state index contributed by atoms with van der Waals surface area (Å²) in [7, 11) is 0. The summed E-state index contributed by atoms with van der Waals surface area (Å²) in [5.74, 6) is 4.77. The lowest BCUT2D eigenvalue weighted by molar-refractivity contribution is 0.578. The van der Waals surface area contributed by atoms with Gasteiger partial charge in [-0.2, -0.15) is 11.8 Å². The summed E-state index contributed by atoms with van der Waals surface area (Å²) in [4.78, 5) is 6.84. The van der Waals surface area contributed by atoms with Crippen molar-refractivity contribution in [2.75, 3.05) is 29.5 Å². The molecule has 0 aliphatic carbocycles. The van der Waals surface area contributed by atoms with Crippen molar-refractivity contribution < 1.29 is 0 Å². The van der Waals surface area contributed by atoms with Crippen molar-refractivity contribution in [2.24, 2.45) is 5.92 Å². The second-order valence-electron chi connectivity index (χ2n) is 4.10. The lowest BCUT2D eigenvalue weighted by Crippen LogP contribution is -2.28. The average Bonchev–Trinajstić information content (AvgIpc) is 2.85. The maximum Gasteiger partial charge on any atom is 0.205 e. The van der Waals surface area contributed by atoms with Crippen LogP contribution in [0.5, 0.6) is 0 Å². The Hall–Kier alpha value is -0.640. The number of fused-ring (bicyclic) bond motifs is 1. The first-order chi connectivity index (χ1) is 6.93. The standard InChI is InChI=1S/C10H15N3S/c1-6-14-8-9(1)7-13-5-4-12-3-2-11-10(12)13/h2-3,9H,1,4-8H2. The van der Waals surface area contributed by atoms with Crippen LogP contribution >= 0.6 is 11.8 Å². The molecule has 1 unspecified atom stereocenters. The van der Waals surface area contributed by atoms with Crippen molar-refractivity contribution >= 4 is 17.7 Å². The Morgan fingerprint density at radius 1 is 1.50 bits per heavy atom. The Labute approximate surface area is 88.5 Å². The zero-order valence-electron chi connectivity index (χ0n) is 8.22. The third-order valence-electron chi connectivity index (χ3n) is 3.09. The maximum atomic E-state index is 4.40. The molecule has 0 bridgehead atoms. The summed E-state index contributed by atoms with van der Waals surface area (Å²) in [6.45, 7) is 3.49. The maximum absolute atomic E-state index is 4.40. The van der Waals surface area contributed by atoms with Crippen molar-refractivity contribution in [3.05, 3.63) is 12.4 Å². The van der Waals surface area contributed by atoms with Crippen molar-refractivity contribution in [3.63, 3.8) is 0 Å². The highest BCUT2D eigenvalue weighted by Gasteiger charge is 2.24. The normalized spacial score (nSPS) is 25.7. The molecule has 1 fully saturated rings. The minimum atomic E-state index is 0.892. The molecule has 14 heavy (non-hydrogen) atoms. The van der Waals surface area contributed by atoms with E-state index >= 15 is 0 Å². The lowest BCUT2D eigenvalue weighted by atomic mass is 10.1. The van der Waals surface area contributed by atoms with Gasteiger partial charge in [0.1, 0.15) is 0 Å². The summed E-state index contributed by atoms with van der Waals surface area (Å²) in [6.07, 6.45) is 5.38. The van der Waals surface area contributed by atoms with Crippen LogP contribution in [0.4, 0.5) is 5.95 Å². The first-order valence-corrected chi connectivity index (χ1v) is 6.43. The number of rotatable bonds is 2. The van der Waals surface area contributed by atoms with E-state index in [0.29, 0.717) is 0 Å². The molecule has 0 radical (unpaired) electrons. The number of thioether (sulfide) groups is 1. The predicted octanol–water partition coefficient (Wildman–Crippen LogP) is 1.46. The molecule has 0 amide bonds. The van der Waals surface area contributed by atoms with Crippen LogP contribution in [0.2, 0.25) is 0 Å². The van der Waals surface area contributed by atoms with E-state index in [2.05, 4.69) is 32.4 Å². The van der Waals surface area contributed by atoms with E-state index < -0.39 is 0 Å². The second kappa shape index (κ2) is 3.50. The molecule has 3 heterocycles. The van der Waals surface area contributed by atoms with Gasteiger partial charge in [-0.05, 0) is 23.8 Å². The quantitative estimate of drug-likeness (QED) is 0.736. The second-order valence-corrected chi connectivity index (χ2v) is 5.25. The molecule has 1 saturated heterocycles. The summed E-state index contributed by atoms with van der Waals surface area (Å²) in [5, 5.41) is 0. The Balaban J connectivity index is 1.69. The van der Waals surface area contributed by atoms with E-state index in [1.54, 1.807) is 0 Å². The van der Waals surface area contributed by atoms with Crippen LogP contribution in [-0.2, 0) is 6.54 Å². The van der Waals surface area contributed by atoms with Gasteiger partial charge in [0.25, 0.3) is 0 Å². The zero-order valence-corrected chi connectivity index (χ0v) is 9.04. The van der Waals surface area contributed by atoms with Gasteiger partial charge in [-0.1, -0.05) is 0 Å². The SMILES string of the molecule is c1cn2c(n1)N(CC1CCSC1)CC2. The van der Waals surface area contributed by atoms with Crippen LogP contribution in [0.3, 0.4) is 0 Å². The van der Waals surface area contributed by atoms with E-state index in [1.165, 1.54) is 30.4 Å². The molecule has 1 aromatic rings. The first kappa shape index (κ1) is 8.65. The van der Waals surface area contributed by atoms with Crippen LogP contribution in [0.15, 0.2) is 12.4 Å². The largest absolute Gasteiger partial charge is 0.340 e. The number of imidazole rings is 1. The summed E-state index contributed by atoms with van der Waals surface area (Å²) in [5.41, 5.74) is 0. The summed E-state index contributed by atoms with van der Waals surface area (Å²) in [6, 6.07) is 0. The van der Waals surface area contributed by atoms with E-state index in [4.69, 9.17) is 0 Å². The average molecular weight is 209 g/mol. The Kier molecular flexibility index (Phi) is 2.16. The Morgan fingerprint density at radius 2 is 2.50 bits per heavy atom. The smallest absolute Gasteiger partial charge is 0.205 e. The first-order valence-electron chi connectivity index (χ1n) is 5.27. The van der Waals surface area contributed by atoms with E-state index in [0.717, 1.165) is 19.0 Å². The van der Waals surface area contributed by atoms with Crippen LogP contribution in [-0.4, -0.2) is 34.1 Å². The minimum Gasteiger partial charge on any atom is -0.340 e. The van der Waals surface area contributed by atoms with Gasteiger partial charge in [0, 0.05) is 32.0 Å². The fraction of sp³-hybridized carbons (Fsp3) is 0.700. The third kappa shape index (κ3) is 1.41. The Morgan fingerprint density at radius 3 is 3.36 bits per heavy atom. The molecular weight excluding hydrogens is 194 g/mol. The highest BCUT2D eigenvalue weighted by molar-refractivity contribution is 7.99. The van der Waals surface area contributed by atoms with Crippen LogP contribution in [0.1, 0.15) is 6.42 Å². The van der Waals surface area contributed by atoms with Crippen molar-refractivity contribution in [1.29, 1.82) is 0 Å². The molecule has 2 aliphatic heterocycles. The van der Waals surface area contributed by atoms with Gasteiger partial charge in [-0.15, -0.1) is 0 Å². The highest BCUT2D eigenvalue weighted by atomic mass is 32.2. The number of nitrogens with zero attached hydrogens (tertiary/aromatic N) is 3. The fourth-order valence-electron chi connectivity index (χ4n) is 2.30. The molecular formula is C10H15N3S. The lowest BCUT2D eigenvalue weighted by Gasteiger charge is -2.19. The Bertz CT molecular complexity index is 317. The number of aromatic nitrogens is 2. The van der Waals surface area contributed by atoms with Gasteiger partial charge in [-0.25, -0.2) is 4.98 Å². The molecule has 0 saturated carbocycles. The highest BCUT2D eigenvalue weighted by Crippen LogP contribution is 2.27. The van der Waals surface area contributed by atoms with Gasteiger partial charge in [-0.3, -0.25) is 0 Å². The number of hydrogen-bond donors (Lipinski definition) is 0. The van der Waals surface area contributed by atoms with Crippen molar-refractivity contribution in [2.45, 2.75) is 13.0 Å². The fourth-order valence-corrected chi connectivity index (χ4v) is 3.57. The monoisotopic (exact) mass is 209 g/mol. The van der Waals surface area contributed by atoms with Gasteiger partial charge in [0.15, 0.2) is 0 Å².